The van der Waals surface area contributed by atoms with Gasteiger partial charge in [0.2, 0.25) is 5.92 Å². The second-order valence-electron chi connectivity index (χ2n) is 8.25. The Morgan fingerprint density at radius 3 is 2.59 bits per heavy atom. The second-order valence-corrected chi connectivity index (χ2v) is 10.3. The highest BCUT2D eigenvalue weighted by molar-refractivity contribution is 7.90. The molecule has 0 unspecified atom stereocenters. The minimum atomic E-state index is -3.46. The van der Waals surface area contributed by atoms with Gasteiger partial charge in [0, 0.05) is 42.8 Å². The highest BCUT2D eigenvalue weighted by Crippen LogP contribution is 2.37. The molecule has 1 N–H and O–H groups in total. The molecule has 32 heavy (non-hydrogen) atoms. The van der Waals surface area contributed by atoms with Crippen LogP contribution in [0.25, 0.3) is 10.9 Å². The summed E-state index contributed by atoms with van der Waals surface area (Å²) >= 11 is 0. The van der Waals surface area contributed by atoms with Crippen molar-refractivity contribution in [2.24, 2.45) is 5.92 Å². The Hall–Kier alpha value is -2.88. The third-order valence-electron chi connectivity index (χ3n) is 5.70. The van der Waals surface area contributed by atoms with Crippen LogP contribution in [0.2, 0.25) is 0 Å². The second kappa shape index (κ2) is 8.23. The van der Waals surface area contributed by atoms with Crippen LogP contribution in [0.4, 0.5) is 18.9 Å². The Bertz CT molecular complexity index is 1280. The molecule has 1 aliphatic carbocycles. The molecule has 3 aromatic rings. The lowest BCUT2D eigenvalue weighted by atomic mass is 9.87. The minimum absolute atomic E-state index is 0.0545. The van der Waals surface area contributed by atoms with Crippen LogP contribution >= 0.6 is 0 Å². The number of hydrogen-bond acceptors (Lipinski definition) is 4. The molecule has 1 aromatic heterocycles. The quantitative estimate of drug-likeness (QED) is 0.595. The van der Waals surface area contributed by atoms with Crippen LogP contribution < -0.4 is 5.32 Å². The van der Waals surface area contributed by atoms with E-state index in [1.807, 2.05) is 0 Å². The van der Waals surface area contributed by atoms with Gasteiger partial charge in [-0.25, -0.2) is 21.6 Å². The third-order valence-corrected chi connectivity index (χ3v) is 6.81. The number of anilines is 1. The predicted molar refractivity (Wildman–Crippen MR) is 114 cm³/mol. The lowest BCUT2D eigenvalue weighted by Crippen LogP contribution is -2.28. The van der Waals surface area contributed by atoms with E-state index >= 15 is 0 Å². The van der Waals surface area contributed by atoms with E-state index in [9.17, 15) is 26.4 Å². The van der Waals surface area contributed by atoms with Gasteiger partial charge in [-0.05, 0) is 49.1 Å². The van der Waals surface area contributed by atoms with E-state index < -0.39 is 27.5 Å². The van der Waals surface area contributed by atoms with Crippen LogP contribution in [0.1, 0.15) is 36.2 Å². The number of sulfone groups is 1. The number of halogens is 3. The number of fused-ring (bicyclic) bond motifs is 1. The molecule has 1 saturated carbocycles. The Kier molecular flexibility index (Phi) is 5.74. The molecule has 1 aliphatic rings. The molecule has 0 saturated heterocycles. The summed E-state index contributed by atoms with van der Waals surface area (Å²) in [6.45, 7) is 0.249. The molecule has 10 heteroatoms. The molecule has 170 valence electrons. The molecule has 4 rings (SSSR count). The van der Waals surface area contributed by atoms with Crippen LogP contribution in [0, 0.1) is 11.7 Å². The Morgan fingerprint density at radius 2 is 1.91 bits per heavy atom. The first-order valence-electron chi connectivity index (χ1n) is 10.2. The van der Waals surface area contributed by atoms with Gasteiger partial charge < -0.3 is 5.32 Å². The van der Waals surface area contributed by atoms with E-state index in [0.717, 1.165) is 6.26 Å². The van der Waals surface area contributed by atoms with Gasteiger partial charge in [0.1, 0.15) is 11.5 Å². The summed E-state index contributed by atoms with van der Waals surface area (Å²) in [4.78, 5) is 13.2. The molecule has 6 nitrogen and oxygen atoms in total. The maximum atomic E-state index is 13.7. The summed E-state index contributed by atoms with van der Waals surface area (Å²) in [6, 6.07) is 9.71. The SMILES string of the molecule is CS(=O)(=O)c1cccc(NC(=O)c2c3ccc(F)cc3nn2CC2CCC(F)(F)CC2)c1. The van der Waals surface area contributed by atoms with Crippen LogP contribution in [0.5, 0.6) is 0 Å². The molecule has 0 bridgehead atoms. The fraction of sp³-hybridized carbons (Fsp3) is 0.364. The van der Waals surface area contributed by atoms with Gasteiger partial charge in [0.15, 0.2) is 9.84 Å². The van der Waals surface area contributed by atoms with Crippen LogP contribution in [0.3, 0.4) is 0 Å². The monoisotopic (exact) mass is 465 g/mol. The van der Waals surface area contributed by atoms with Crippen molar-refractivity contribution in [3.8, 4) is 0 Å². The average Bonchev–Trinajstić information content (AvgIpc) is 3.06. The topological polar surface area (TPSA) is 81.1 Å². The summed E-state index contributed by atoms with van der Waals surface area (Å²) in [6.07, 6.45) is 1.24. The smallest absolute Gasteiger partial charge is 0.274 e. The van der Waals surface area contributed by atoms with Gasteiger partial charge >= 0.3 is 0 Å². The third kappa shape index (κ3) is 4.79. The molecule has 0 aliphatic heterocycles. The highest BCUT2D eigenvalue weighted by atomic mass is 32.2. The minimum Gasteiger partial charge on any atom is -0.321 e. The number of amides is 1. The van der Waals surface area contributed by atoms with Crippen molar-refractivity contribution in [2.75, 3.05) is 11.6 Å². The first-order valence-corrected chi connectivity index (χ1v) is 12.1. The van der Waals surface area contributed by atoms with E-state index in [1.165, 1.54) is 41.1 Å². The van der Waals surface area contributed by atoms with E-state index in [2.05, 4.69) is 10.4 Å². The number of rotatable bonds is 5. The van der Waals surface area contributed by atoms with E-state index in [1.54, 1.807) is 6.07 Å². The number of benzene rings is 2. The van der Waals surface area contributed by atoms with Gasteiger partial charge in [-0.3, -0.25) is 9.48 Å². The summed E-state index contributed by atoms with van der Waals surface area (Å²) < 4.78 is 65.8. The predicted octanol–water partition coefficient (Wildman–Crippen LogP) is 4.66. The number of carbonyl (C=O) groups is 1. The van der Waals surface area contributed by atoms with Crippen molar-refractivity contribution < 1.29 is 26.4 Å². The van der Waals surface area contributed by atoms with Crippen LogP contribution in [-0.2, 0) is 16.4 Å². The van der Waals surface area contributed by atoms with Gasteiger partial charge in [0.05, 0.1) is 10.4 Å². The largest absolute Gasteiger partial charge is 0.321 e. The van der Waals surface area contributed by atoms with Crippen molar-refractivity contribution in [1.29, 1.82) is 0 Å². The number of carbonyl (C=O) groups excluding carboxylic acids is 1. The fourth-order valence-corrected chi connectivity index (χ4v) is 4.67. The van der Waals surface area contributed by atoms with Crippen LogP contribution in [-0.4, -0.2) is 36.3 Å². The molecule has 0 radical (unpaired) electrons. The van der Waals surface area contributed by atoms with E-state index in [-0.39, 0.29) is 47.1 Å². The van der Waals surface area contributed by atoms with E-state index in [0.29, 0.717) is 18.2 Å². The van der Waals surface area contributed by atoms with Gasteiger partial charge in [-0.2, -0.15) is 5.10 Å². The number of nitrogens with one attached hydrogen (secondary N) is 1. The Morgan fingerprint density at radius 1 is 1.19 bits per heavy atom. The molecular formula is C22H22F3N3O3S. The molecule has 1 heterocycles. The maximum Gasteiger partial charge on any atom is 0.274 e. The molecule has 0 spiro atoms. The van der Waals surface area contributed by atoms with Crippen molar-refractivity contribution in [3.05, 3.63) is 54.0 Å². The summed E-state index contributed by atoms with van der Waals surface area (Å²) in [7, 11) is -3.46. The summed E-state index contributed by atoms with van der Waals surface area (Å²) in [5, 5.41) is 7.45. The van der Waals surface area contributed by atoms with Crippen molar-refractivity contribution in [1.82, 2.24) is 9.78 Å². The normalized spacial score (nSPS) is 16.9. The fourth-order valence-electron chi connectivity index (χ4n) is 4.00. The van der Waals surface area contributed by atoms with Gasteiger partial charge in [-0.1, -0.05) is 6.07 Å². The lowest BCUT2D eigenvalue weighted by molar-refractivity contribution is -0.0476. The molecule has 1 fully saturated rings. The zero-order valence-corrected chi connectivity index (χ0v) is 18.1. The van der Waals surface area contributed by atoms with Crippen molar-refractivity contribution in [2.45, 2.75) is 43.0 Å². The van der Waals surface area contributed by atoms with Crippen LogP contribution in [0.15, 0.2) is 47.4 Å². The Balaban J connectivity index is 1.66. The van der Waals surface area contributed by atoms with E-state index in [4.69, 9.17) is 0 Å². The molecule has 1 amide bonds. The molecular weight excluding hydrogens is 443 g/mol. The zero-order chi connectivity index (χ0) is 23.1. The Labute approximate surface area is 183 Å². The standard InChI is InChI=1S/C22H22F3N3O3S/c1-32(30,31)17-4-2-3-16(12-17)26-21(29)20-18-6-5-15(23)11-19(18)27-28(20)13-14-7-9-22(24,25)10-8-14/h2-6,11-12,14H,7-10,13H2,1H3,(H,26,29). The first kappa shape index (κ1) is 22.3. The van der Waals surface area contributed by atoms with Gasteiger partial charge in [0.25, 0.3) is 5.91 Å². The summed E-state index contributed by atoms with van der Waals surface area (Å²) in [5.74, 6) is -3.81. The van der Waals surface area contributed by atoms with Gasteiger partial charge in [-0.15, -0.1) is 0 Å². The van der Waals surface area contributed by atoms with Crippen molar-refractivity contribution >= 4 is 32.3 Å². The summed E-state index contributed by atoms with van der Waals surface area (Å²) in [5.41, 5.74) is 0.724. The zero-order valence-electron chi connectivity index (χ0n) is 17.3. The maximum absolute atomic E-state index is 13.7. The molecule has 2 aromatic carbocycles. The number of nitrogens with zero attached hydrogens (tertiary/aromatic N) is 2. The average molecular weight is 465 g/mol. The van der Waals surface area contributed by atoms with Crippen molar-refractivity contribution in [3.63, 3.8) is 0 Å². The highest BCUT2D eigenvalue weighted by Gasteiger charge is 2.35. The number of hydrogen-bond donors (Lipinski definition) is 1. The first-order chi connectivity index (χ1) is 15.0. The number of alkyl halides is 2. The lowest BCUT2D eigenvalue weighted by Gasteiger charge is -2.28. The number of aromatic nitrogens is 2. The molecule has 0 atom stereocenters.